The summed E-state index contributed by atoms with van der Waals surface area (Å²) in [5.41, 5.74) is 3.22. The number of amides is 1. The second kappa shape index (κ2) is 7.62. The van der Waals surface area contributed by atoms with Gasteiger partial charge < -0.3 is 10.1 Å². The lowest BCUT2D eigenvalue weighted by Gasteiger charge is -2.22. The summed E-state index contributed by atoms with van der Waals surface area (Å²) in [5.74, 6) is 0.383. The molecule has 132 valence electrons. The molecule has 1 saturated heterocycles. The van der Waals surface area contributed by atoms with E-state index in [0.717, 1.165) is 42.7 Å². The maximum absolute atomic E-state index is 12.9. The van der Waals surface area contributed by atoms with E-state index >= 15 is 0 Å². The van der Waals surface area contributed by atoms with Gasteiger partial charge in [0.1, 0.15) is 0 Å². The van der Waals surface area contributed by atoms with E-state index in [1.807, 2.05) is 24.3 Å². The Balaban J connectivity index is 1.56. The van der Waals surface area contributed by atoms with Crippen LogP contribution in [0, 0.1) is 5.92 Å². The van der Waals surface area contributed by atoms with Gasteiger partial charge in [-0.15, -0.1) is 0 Å². The Labute approximate surface area is 152 Å². The number of nitrogens with one attached hydrogen (secondary N) is 1. The van der Waals surface area contributed by atoms with Crippen LogP contribution in [0.4, 0.5) is 0 Å². The van der Waals surface area contributed by atoms with Crippen LogP contribution in [-0.4, -0.2) is 29.1 Å². The third-order valence-corrected chi connectivity index (χ3v) is 4.83. The first-order chi connectivity index (χ1) is 12.8. The molecule has 1 aromatic heterocycles. The summed E-state index contributed by atoms with van der Waals surface area (Å²) in [6.07, 6.45) is 5.21. The van der Waals surface area contributed by atoms with E-state index in [4.69, 9.17) is 4.74 Å². The minimum Gasteiger partial charge on any atom is -0.381 e. The third kappa shape index (κ3) is 3.73. The molecule has 1 aliphatic heterocycles. The van der Waals surface area contributed by atoms with Crippen LogP contribution in [0.3, 0.4) is 0 Å². The topological polar surface area (TPSA) is 64.1 Å². The molecule has 0 saturated carbocycles. The maximum Gasteiger partial charge on any atom is 0.251 e. The first-order valence-electron chi connectivity index (χ1n) is 8.94. The van der Waals surface area contributed by atoms with E-state index in [2.05, 4.69) is 27.4 Å². The largest absolute Gasteiger partial charge is 0.381 e. The highest BCUT2D eigenvalue weighted by atomic mass is 16.5. The number of aromatic nitrogens is 2. The Bertz CT molecular complexity index is 892. The molecule has 1 aliphatic rings. The van der Waals surface area contributed by atoms with Crippen LogP contribution in [0.2, 0.25) is 0 Å². The zero-order valence-corrected chi connectivity index (χ0v) is 14.5. The van der Waals surface area contributed by atoms with Gasteiger partial charge in [-0.3, -0.25) is 14.8 Å². The van der Waals surface area contributed by atoms with Crippen LogP contribution in [0.25, 0.3) is 11.0 Å². The van der Waals surface area contributed by atoms with E-state index < -0.39 is 0 Å². The van der Waals surface area contributed by atoms with Gasteiger partial charge in [0, 0.05) is 31.2 Å². The van der Waals surface area contributed by atoms with Crippen molar-refractivity contribution >= 4 is 16.9 Å². The van der Waals surface area contributed by atoms with Crippen molar-refractivity contribution in [3.8, 4) is 0 Å². The van der Waals surface area contributed by atoms with Crippen molar-refractivity contribution in [2.75, 3.05) is 13.2 Å². The van der Waals surface area contributed by atoms with Gasteiger partial charge in [0.15, 0.2) is 0 Å². The van der Waals surface area contributed by atoms with Crippen LogP contribution in [0.5, 0.6) is 0 Å². The molecule has 26 heavy (non-hydrogen) atoms. The molecule has 0 spiro atoms. The normalized spacial score (nSPS) is 17.9. The van der Waals surface area contributed by atoms with Crippen LogP contribution in [-0.2, 0) is 4.74 Å². The molecular weight excluding hydrogens is 326 g/mol. The molecule has 1 amide bonds. The summed E-state index contributed by atoms with van der Waals surface area (Å²) >= 11 is 0. The highest BCUT2D eigenvalue weighted by molar-refractivity contribution is 5.97. The zero-order chi connectivity index (χ0) is 17.8. The van der Waals surface area contributed by atoms with Gasteiger partial charge in [-0.25, -0.2) is 0 Å². The third-order valence-electron chi connectivity index (χ3n) is 4.83. The van der Waals surface area contributed by atoms with Crippen LogP contribution in [0.15, 0.2) is 60.9 Å². The SMILES string of the molecule is O=C(N[C@H](C[C@H]1CCOC1)c1ccccc1)c1ccc2nccnc2c1. The van der Waals surface area contributed by atoms with Crippen LogP contribution < -0.4 is 5.32 Å². The summed E-state index contributed by atoms with van der Waals surface area (Å²) in [6.45, 7) is 1.58. The Morgan fingerprint density at radius 3 is 2.69 bits per heavy atom. The molecule has 0 aliphatic carbocycles. The Kier molecular flexibility index (Phi) is 4.88. The number of rotatable bonds is 5. The second-order valence-electron chi connectivity index (χ2n) is 6.66. The summed E-state index contributed by atoms with van der Waals surface area (Å²) in [5, 5.41) is 3.20. The zero-order valence-electron chi connectivity index (χ0n) is 14.5. The maximum atomic E-state index is 12.9. The van der Waals surface area contributed by atoms with Gasteiger partial charge in [0.25, 0.3) is 5.91 Å². The average molecular weight is 347 g/mol. The highest BCUT2D eigenvalue weighted by Crippen LogP contribution is 2.27. The smallest absolute Gasteiger partial charge is 0.251 e. The Morgan fingerprint density at radius 2 is 1.92 bits per heavy atom. The lowest BCUT2D eigenvalue weighted by Crippen LogP contribution is -2.30. The minimum atomic E-state index is -0.0923. The van der Waals surface area contributed by atoms with Crippen LogP contribution in [0.1, 0.15) is 34.8 Å². The van der Waals surface area contributed by atoms with Gasteiger partial charge in [-0.05, 0) is 42.5 Å². The summed E-state index contributed by atoms with van der Waals surface area (Å²) in [7, 11) is 0. The number of nitrogens with zero attached hydrogens (tertiary/aromatic N) is 2. The lowest BCUT2D eigenvalue weighted by atomic mass is 9.94. The number of carbonyl (C=O) groups is 1. The summed E-state index contributed by atoms with van der Waals surface area (Å²) in [4.78, 5) is 21.4. The molecule has 0 unspecified atom stereocenters. The fourth-order valence-corrected chi connectivity index (χ4v) is 3.41. The number of fused-ring (bicyclic) bond motifs is 1. The van der Waals surface area contributed by atoms with E-state index in [9.17, 15) is 4.79 Å². The summed E-state index contributed by atoms with van der Waals surface area (Å²) < 4.78 is 5.50. The lowest BCUT2D eigenvalue weighted by molar-refractivity contribution is 0.0929. The molecule has 5 heteroatoms. The molecule has 4 rings (SSSR count). The standard InChI is InChI=1S/C21H21N3O2/c25-21(17-6-7-18-20(13-17)23-10-9-22-18)24-19(12-15-8-11-26-14-15)16-4-2-1-3-5-16/h1-7,9-10,13,15,19H,8,11-12,14H2,(H,24,25)/t15-,19-/m1/s1. The molecule has 0 radical (unpaired) electrons. The highest BCUT2D eigenvalue weighted by Gasteiger charge is 2.23. The first-order valence-corrected chi connectivity index (χ1v) is 8.94. The van der Waals surface area contributed by atoms with Crippen molar-refractivity contribution in [1.29, 1.82) is 0 Å². The predicted molar refractivity (Wildman–Crippen MR) is 99.7 cm³/mol. The predicted octanol–water partition coefficient (Wildman–Crippen LogP) is 3.53. The van der Waals surface area contributed by atoms with E-state index in [0.29, 0.717) is 11.5 Å². The molecule has 2 heterocycles. The molecular formula is C21H21N3O2. The number of benzene rings is 2. The van der Waals surface area contributed by atoms with Crippen molar-refractivity contribution in [3.05, 3.63) is 72.1 Å². The van der Waals surface area contributed by atoms with Crippen molar-refractivity contribution < 1.29 is 9.53 Å². The van der Waals surface area contributed by atoms with Crippen molar-refractivity contribution in [2.45, 2.75) is 18.9 Å². The van der Waals surface area contributed by atoms with Crippen LogP contribution >= 0.6 is 0 Å². The molecule has 3 aromatic rings. The summed E-state index contributed by atoms with van der Waals surface area (Å²) in [6, 6.07) is 15.5. The molecule has 1 fully saturated rings. The van der Waals surface area contributed by atoms with E-state index in [-0.39, 0.29) is 11.9 Å². The fraction of sp³-hybridized carbons (Fsp3) is 0.286. The van der Waals surface area contributed by atoms with Gasteiger partial charge >= 0.3 is 0 Å². The monoisotopic (exact) mass is 347 g/mol. The number of hydrogen-bond donors (Lipinski definition) is 1. The molecule has 0 bridgehead atoms. The van der Waals surface area contributed by atoms with Gasteiger partial charge in [0.2, 0.25) is 0 Å². The number of hydrogen-bond acceptors (Lipinski definition) is 4. The average Bonchev–Trinajstić information content (AvgIpc) is 3.21. The quantitative estimate of drug-likeness (QED) is 0.767. The van der Waals surface area contributed by atoms with Crippen molar-refractivity contribution in [2.24, 2.45) is 5.92 Å². The molecule has 2 aromatic carbocycles. The molecule has 2 atom stereocenters. The number of ether oxygens (including phenoxy) is 1. The first kappa shape index (κ1) is 16.7. The van der Waals surface area contributed by atoms with E-state index in [1.54, 1.807) is 24.5 Å². The van der Waals surface area contributed by atoms with Gasteiger partial charge in [-0.2, -0.15) is 0 Å². The molecule has 5 nitrogen and oxygen atoms in total. The minimum absolute atomic E-state index is 0.0343. The van der Waals surface area contributed by atoms with E-state index in [1.165, 1.54) is 0 Å². The second-order valence-corrected chi connectivity index (χ2v) is 6.66. The fourth-order valence-electron chi connectivity index (χ4n) is 3.41. The van der Waals surface area contributed by atoms with Gasteiger partial charge in [-0.1, -0.05) is 30.3 Å². The Hall–Kier alpha value is -2.79. The van der Waals surface area contributed by atoms with Crippen molar-refractivity contribution in [1.82, 2.24) is 15.3 Å². The van der Waals surface area contributed by atoms with Crippen molar-refractivity contribution in [3.63, 3.8) is 0 Å². The Morgan fingerprint density at radius 1 is 1.12 bits per heavy atom. The molecule has 1 N–H and O–H groups in total. The van der Waals surface area contributed by atoms with Gasteiger partial charge in [0.05, 0.1) is 17.1 Å². The number of carbonyl (C=O) groups excluding carboxylic acids is 1.